The van der Waals surface area contributed by atoms with Gasteiger partial charge >= 0.3 is 23.9 Å². The summed E-state index contributed by atoms with van der Waals surface area (Å²) in [6.45, 7) is 8.15. The molecule has 0 spiro atoms. The molecular weight excluding hydrogens is 616 g/mol. The largest absolute Gasteiger partial charge is 0.494 e. The molecular formula is C38H36O10. The van der Waals surface area contributed by atoms with Crippen LogP contribution in [-0.2, 0) is 19.1 Å². The summed E-state index contributed by atoms with van der Waals surface area (Å²) in [7, 11) is 0. The molecule has 0 saturated carbocycles. The van der Waals surface area contributed by atoms with Gasteiger partial charge < -0.3 is 28.4 Å². The van der Waals surface area contributed by atoms with Crippen molar-refractivity contribution in [3.63, 3.8) is 0 Å². The quantitative estimate of drug-likeness (QED) is 0.0478. The van der Waals surface area contributed by atoms with E-state index in [2.05, 4.69) is 13.2 Å². The molecule has 4 aromatic carbocycles. The van der Waals surface area contributed by atoms with Crippen LogP contribution in [0, 0.1) is 0 Å². The lowest BCUT2D eigenvalue weighted by Crippen LogP contribution is -2.10. The van der Waals surface area contributed by atoms with Crippen molar-refractivity contribution in [3.8, 4) is 23.0 Å². The molecule has 0 fully saturated rings. The number of hydrogen-bond donors (Lipinski definition) is 0. The molecule has 10 heteroatoms. The van der Waals surface area contributed by atoms with Crippen molar-refractivity contribution in [2.45, 2.75) is 25.7 Å². The number of unbranched alkanes of at least 4 members (excludes halogenated alkanes) is 2. The minimum Gasteiger partial charge on any atom is -0.494 e. The first kappa shape index (κ1) is 35.0. The Balaban J connectivity index is 1.29. The lowest BCUT2D eigenvalue weighted by Gasteiger charge is -2.12. The molecule has 0 radical (unpaired) electrons. The molecule has 0 aliphatic carbocycles. The molecule has 4 aromatic rings. The predicted molar refractivity (Wildman–Crippen MR) is 179 cm³/mol. The second-order valence-corrected chi connectivity index (χ2v) is 10.3. The summed E-state index contributed by atoms with van der Waals surface area (Å²) in [6.07, 6.45) is 4.93. The average molecular weight is 653 g/mol. The number of carbonyl (C=O) groups is 4. The summed E-state index contributed by atoms with van der Waals surface area (Å²) in [4.78, 5) is 48.1. The number of hydrogen-bond acceptors (Lipinski definition) is 10. The molecule has 0 aliphatic heterocycles. The smallest absolute Gasteiger partial charge is 0.343 e. The van der Waals surface area contributed by atoms with Crippen LogP contribution in [0.5, 0.6) is 23.0 Å². The molecule has 0 N–H and O–H groups in total. The van der Waals surface area contributed by atoms with Gasteiger partial charge in [0.15, 0.2) is 0 Å². The highest BCUT2D eigenvalue weighted by atomic mass is 16.5. The summed E-state index contributed by atoms with van der Waals surface area (Å²) in [6, 6.07) is 23.5. The van der Waals surface area contributed by atoms with Gasteiger partial charge in [-0.1, -0.05) is 37.4 Å². The summed E-state index contributed by atoms with van der Waals surface area (Å²) in [5.74, 6) is -0.207. The zero-order chi connectivity index (χ0) is 34.1. The maximum Gasteiger partial charge on any atom is 0.343 e. The Morgan fingerprint density at radius 1 is 0.500 bits per heavy atom. The predicted octanol–water partition coefficient (Wildman–Crippen LogP) is 7.05. The van der Waals surface area contributed by atoms with Crippen LogP contribution in [0.1, 0.15) is 46.4 Å². The van der Waals surface area contributed by atoms with Crippen LogP contribution >= 0.6 is 0 Å². The molecule has 48 heavy (non-hydrogen) atoms. The zero-order valence-electron chi connectivity index (χ0n) is 26.4. The molecule has 0 heterocycles. The summed E-state index contributed by atoms with van der Waals surface area (Å²) in [5, 5.41) is 1.19. The van der Waals surface area contributed by atoms with Gasteiger partial charge in [0.1, 0.15) is 23.0 Å². The topological polar surface area (TPSA) is 124 Å². The fourth-order valence-electron chi connectivity index (χ4n) is 4.37. The van der Waals surface area contributed by atoms with E-state index in [9.17, 15) is 19.2 Å². The van der Waals surface area contributed by atoms with Crippen LogP contribution in [0.15, 0.2) is 110 Å². The van der Waals surface area contributed by atoms with Gasteiger partial charge in [0, 0.05) is 22.9 Å². The Labute approximate surface area is 278 Å². The van der Waals surface area contributed by atoms with E-state index in [1.54, 1.807) is 84.9 Å². The standard InChI is InChI=1S/C38H36O10/c1-3-35(39)45-25-7-5-23-43-29-19-15-27(16-20-29)37(41)47-33-13-9-12-32-31(33)11-10-14-34(32)48-38(42)28-17-21-30(22-18-28)44-24-6-8-26-46-36(40)4-2/h3-4,9-22H,1-2,5-8,23-26H2. The van der Waals surface area contributed by atoms with E-state index >= 15 is 0 Å². The van der Waals surface area contributed by atoms with E-state index in [1.165, 1.54) is 0 Å². The SMILES string of the molecule is C=CC(=O)OCCCCOc1ccc(C(=O)Oc2cccc3c(OC(=O)c4ccc(OCCCCOC(=O)C=C)cc4)cccc23)cc1. The fourth-order valence-corrected chi connectivity index (χ4v) is 4.37. The summed E-state index contributed by atoms with van der Waals surface area (Å²) >= 11 is 0. The maximum absolute atomic E-state index is 13.0. The number of fused-ring (bicyclic) bond motifs is 1. The molecule has 0 saturated heterocycles. The molecule has 0 aromatic heterocycles. The van der Waals surface area contributed by atoms with E-state index in [-0.39, 0.29) is 0 Å². The summed E-state index contributed by atoms with van der Waals surface area (Å²) < 4.78 is 32.7. The van der Waals surface area contributed by atoms with Gasteiger partial charge in [-0.15, -0.1) is 0 Å². The monoisotopic (exact) mass is 652 g/mol. The highest BCUT2D eigenvalue weighted by Crippen LogP contribution is 2.33. The van der Waals surface area contributed by atoms with Gasteiger partial charge in [-0.25, -0.2) is 19.2 Å². The van der Waals surface area contributed by atoms with Crippen molar-refractivity contribution in [2.75, 3.05) is 26.4 Å². The second kappa shape index (κ2) is 18.3. The number of ether oxygens (including phenoxy) is 6. The van der Waals surface area contributed by atoms with Crippen LogP contribution in [0.25, 0.3) is 10.8 Å². The van der Waals surface area contributed by atoms with Crippen LogP contribution in [0.4, 0.5) is 0 Å². The number of carbonyl (C=O) groups excluding carboxylic acids is 4. The van der Waals surface area contributed by atoms with E-state index in [1.807, 2.05) is 0 Å². The van der Waals surface area contributed by atoms with Crippen molar-refractivity contribution < 1.29 is 47.6 Å². The molecule has 0 atom stereocenters. The van der Waals surface area contributed by atoms with Crippen LogP contribution in [-0.4, -0.2) is 50.3 Å². The third-order valence-electron chi connectivity index (χ3n) is 6.86. The molecule has 0 bridgehead atoms. The highest BCUT2D eigenvalue weighted by molar-refractivity contribution is 5.99. The zero-order valence-corrected chi connectivity index (χ0v) is 26.4. The molecule has 0 amide bonds. The minimum absolute atomic E-state index is 0.295. The van der Waals surface area contributed by atoms with Gasteiger partial charge in [-0.05, 0) is 86.3 Å². The average Bonchev–Trinajstić information content (AvgIpc) is 3.11. The van der Waals surface area contributed by atoms with Gasteiger partial charge in [-0.2, -0.15) is 0 Å². The van der Waals surface area contributed by atoms with Gasteiger partial charge in [0.05, 0.1) is 37.6 Å². The normalized spacial score (nSPS) is 10.4. The number of rotatable bonds is 18. The third kappa shape index (κ3) is 10.6. The second-order valence-electron chi connectivity index (χ2n) is 10.3. The molecule has 0 aliphatic rings. The minimum atomic E-state index is -0.557. The lowest BCUT2D eigenvalue weighted by molar-refractivity contribution is -0.138. The van der Waals surface area contributed by atoms with Gasteiger partial charge in [-0.3, -0.25) is 0 Å². The molecule has 10 nitrogen and oxygen atoms in total. The molecule has 248 valence electrons. The van der Waals surface area contributed by atoms with Crippen molar-refractivity contribution in [1.82, 2.24) is 0 Å². The first-order valence-corrected chi connectivity index (χ1v) is 15.4. The fraction of sp³-hybridized carbons (Fsp3) is 0.211. The van der Waals surface area contributed by atoms with Crippen molar-refractivity contribution >= 4 is 34.6 Å². The molecule has 4 rings (SSSR count). The number of esters is 4. The van der Waals surface area contributed by atoms with Crippen LogP contribution in [0.3, 0.4) is 0 Å². The van der Waals surface area contributed by atoms with Gasteiger partial charge in [0.2, 0.25) is 0 Å². The maximum atomic E-state index is 13.0. The van der Waals surface area contributed by atoms with E-state index in [0.717, 1.165) is 12.2 Å². The first-order chi connectivity index (χ1) is 23.4. The third-order valence-corrected chi connectivity index (χ3v) is 6.86. The van der Waals surface area contributed by atoms with Crippen molar-refractivity contribution in [2.24, 2.45) is 0 Å². The van der Waals surface area contributed by atoms with E-state index in [4.69, 9.17) is 28.4 Å². The molecule has 0 unspecified atom stereocenters. The Morgan fingerprint density at radius 2 is 0.875 bits per heavy atom. The van der Waals surface area contributed by atoms with Gasteiger partial charge in [0.25, 0.3) is 0 Å². The lowest BCUT2D eigenvalue weighted by atomic mass is 10.1. The highest BCUT2D eigenvalue weighted by Gasteiger charge is 2.15. The first-order valence-electron chi connectivity index (χ1n) is 15.4. The number of benzene rings is 4. The van der Waals surface area contributed by atoms with Crippen molar-refractivity contribution in [3.05, 3.63) is 121 Å². The van der Waals surface area contributed by atoms with E-state index in [0.29, 0.717) is 97.0 Å². The Bertz CT molecular complexity index is 1600. The van der Waals surface area contributed by atoms with Crippen molar-refractivity contribution in [1.29, 1.82) is 0 Å². The van der Waals surface area contributed by atoms with E-state index < -0.39 is 23.9 Å². The Kier molecular flexibility index (Phi) is 13.3. The Hall–Kier alpha value is -5.90. The van der Waals surface area contributed by atoms with Crippen LogP contribution in [0.2, 0.25) is 0 Å². The van der Waals surface area contributed by atoms with Crippen LogP contribution < -0.4 is 18.9 Å². The summed E-state index contributed by atoms with van der Waals surface area (Å²) in [5.41, 5.74) is 0.666. The Morgan fingerprint density at radius 3 is 1.25 bits per heavy atom.